The molecule has 0 saturated carbocycles. The van der Waals surface area contributed by atoms with Crippen molar-refractivity contribution in [1.29, 1.82) is 0 Å². The molecule has 3 atom stereocenters. The number of unbranched alkanes of at least 4 members (excludes halogenated alkanes) is 33. The van der Waals surface area contributed by atoms with E-state index < -0.39 is 26.6 Å². The number of nitrogens with one attached hydrogen (secondary N) is 1. The molecule has 73 heavy (non-hydrogen) atoms. The molecule has 0 bridgehead atoms. The summed E-state index contributed by atoms with van der Waals surface area (Å²) < 4.78 is 23.4. The third kappa shape index (κ3) is 57.5. The van der Waals surface area contributed by atoms with E-state index in [4.69, 9.17) is 9.05 Å². The first kappa shape index (κ1) is 70.9. The van der Waals surface area contributed by atoms with Gasteiger partial charge in [0, 0.05) is 6.42 Å². The van der Waals surface area contributed by atoms with Crippen LogP contribution in [-0.2, 0) is 18.4 Å². The minimum atomic E-state index is -4.62. The Kier molecular flexibility index (Phi) is 53.2. The Balaban J connectivity index is 4.27. The van der Waals surface area contributed by atoms with E-state index in [0.717, 1.165) is 57.8 Å². The van der Waals surface area contributed by atoms with Gasteiger partial charge in [-0.05, 0) is 83.5 Å². The van der Waals surface area contributed by atoms with Gasteiger partial charge in [0.25, 0.3) is 7.82 Å². The molecule has 0 saturated heterocycles. The lowest BCUT2D eigenvalue weighted by molar-refractivity contribution is -0.870. The fraction of sp³-hybridized carbons (Fsp3) is 0.797. The fourth-order valence-corrected chi connectivity index (χ4v) is 9.50. The molecule has 2 N–H and O–H groups in total. The van der Waals surface area contributed by atoms with E-state index in [1.165, 1.54) is 199 Å². The average molecular weight is 1040 g/mol. The lowest BCUT2D eigenvalue weighted by Crippen LogP contribution is -2.45. The van der Waals surface area contributed by atoms with Crippen molar-refractivity contribution in [3.05, 3.63) is 72.9 Å². The molecular weight excluding hydrogens is 924 g/mol. The third-order valence-corrected chi connectivity index (χ3v) is 14.6. The molecule has 0 heterocycles. The van der Waals surface area contributed by atoms with Crippen LogP contribution in [0.2, 0.25) is 0 Å². The van der Waals surface area contributed by atoms with Crippen molar-refractivity contribution in [2.45, 2.75) is 289 Å². The van der Waals surface area contributed by atoms with Crippen LogP contribution in [0.3, 0.4) is 0 Å². The first-order valence-corrected chi connectivity index (χ1v) is 32.3. The van der Waals surface area contributed by atoms with Gasteiger partial charge in [0.1, 0.15) is 13.2 Å². The summed E-state index contributed by atoms with van der Waals surface area (Å²) in [6.45, 7) is 4.63. The van der Waals surface area contributed by atoms with Crippen LogP contribution in [0.4, 0.5) is 0 Å². The lowest BCUT2D eigenvalue weighted by Gasteiger charge is -2.29. The van der Waals surface area contributed by atoms with Gasteiger partial charge in [-0.3, -0.25) is 9.36 Å². The molecule has 1 amide bonds. The average Bonchev–Trinajstić information content (AvgIpc) is 3.35. The molecule has 0 fully saturated rings. The van der Waals surface area contributed by atoms with E-state index in [1.54, 1.807) is 6.08 Å². The number of carbonyl (C=O) groups is 1. The molecule has 0 aromatic heterocycles. The van der Waals surface area contributed by atoms with Gasteiger partial charge in [-0.15, -0.1) is 0 Å². The number of carbonyl (C=O) groups excluding carboxylic acids is 1. The van der Waals surface area contributed by atoms with Crippen molar-refractivity contribution in [2.75, 3.05) is 40.9 Å². The Morgan fingerprint density at radius 3 is 1.21 bits per heavy atom. The number of nitrogens with zero attached hydrogens (tertiary/aromatic N) is 1. The summed E-state index contributed by atoms with van der Waals surface area (Å²) in [5.74, 6) is -0.215. The largest absolute Gasteiger partial charge is 0.756 e. The molecule has 0 aromatic carbocycles. The molecule has 0 aliphatic rings. The highest BCUT2D eigenvalue weighted by molar-refractivity contribution is 7.45. The van der Waals surface area contributed by atoms with Crippen LogP contribution in [-0.4, -0.2) is 68.5 Å². The summed E-state index contributed by atoms with van der Waals surface area (Å²) in [5.41, 5.74) is 0. The van der Waals surface area contributed by atoms with Gasteiger partial charge in [0.15, 0.2) is 0 Å². The molecule has 0 aliphatic carbocycles. The SMILES string of the molecule is CCCCCCC/C=C\C/C=C\C/C=C\CCCCCCCCCCCCC(=O)NC(COP(=O)([O-])OCC[N+](C)(C)C)C(O)/C=C/CC/C=C/CC/C=C/CCCCCCCCCCCCCCCCCC. The molecule has 0 aromatic rings. The molecule has 9 heteroatoms. The maximum atomic E-state index is 13.0. The zero-order valence-corrected chi connectivity index (χ0v) is 49.5. The van der Waals surface area contributed by atoms with Gasteiger partial charge in [0.2, 0.25) is 5.91 Å². The highest BCUT2D eigenvalue weighted by atomic mass is 31.2. The maximum Gasteiger partial charge on any atom is 0.268 e. The van der Waals surface area contributed by atoms with E-state index in [2.05, 4.69) is 79.9 Å². The monoisotopic (exact) mass is 1040 g/mol. The second-order valence-electron chi connectivity index (χ2n) is 22.0. The Morgan fingerprint density at radius 2 is 0.808 bits per heavy atom. The van der Waals surface area contributed by atoms with Gasteiger partial charge in [-0.1, -0.05) is 260 Å². The predicted molar refractivity (Wildman–Crippen MR) is 316 cm³/mol. The number of phosphoric acid groups is 1. The zero-order valence-electron chi connectivity index (χ0n) is 48.6. The van der Waals surface area contributed by atoms with Crippen LogP contribution < -0.4 is 10.2 Å². The fourth-order valence-electron chi connectivity index (χ4n) is 8.78. The van der Waals surface area contributed by atoms with E-state index in [1.807, 2.05) is 27.2 Å². The second kappa shape index (κ2) is 54.7. The molecule has 0 rings (SSSR count). The smallest absolute Gasteiger partial charge is 0.268 e. The molecular formula is C64H119N2O6P. The third-order valence-electron chi connectivity index (χ3n) is 13.6. The highest BCUT2D eigenvalue weighted by Crippen LogP contribution is 2.38. The molecule has 8 nitrogen and oxygen atoms in total. The second-order valence-corrected chi connectivity index (χ2v) is 23.4. The van der Waals surface area contributed by atoms with Crippen LogP contribution in [0.1, 0.15) is 277 Å². The van der Waals surface area contributed by atoms with Gasteiger partial charge in [-0.25, -0.2) is 0 Å². The van der Waals surface area contributed by atoms with Crippen molar-refractivity contribution >= 4 is 13.7 Å². The molecule has 426 valence electrons. The van der Waals surface area contributed by atoms with Crippen LogP contribution in [0, 0.1) is 0 Å². The van der Waals surface area contributed by atoms with E-state index in [-0.39, 0.29) is 12.5 Å². The lowest BCUT2D eigenvalue weighted by atomic mass is 10.0. The summed E-state index contributed by atoms with van der Waals surface area (Å²) in [7, 11) is 1.23. The van der Waals surface area contributed by atoms with Gasteiger partial charge < -0.3 is 28.8 Å². The Labute approximate surface area is 453 Å². The standard InChI is InChI=1S/C64H119N2O6P/c1-6-8-10-12-14-16-18-20-22-24-26-28-30-32-34-35-37-39-41-43-45-47-49-51-53-55-57-63(67)62(61-72-73(69,70)71-60-59-66(3,4)5)65-64(68)58-56-54-52-50-48-46-44-42-40-38-36-33-31-29-27-25-23-21-19-17-15-13-11-9-7-2/h19,21,25,27,31,33,39,41,47,49,55,57,62-63,67H,6-18,20,22-24,26,28-30,32,34-38,40,42-46,48,50-54,56,58-61H2,1-5H3,(H-,65,68,69,70)/b21-19-,27-25-,33-31-,41-39+,49-47+,57-55+. The number of likely N-dealkylation sites (N-methyl/N-ethyl adjacent to an activating group) is 1. The number of hydrogen-bond acceptors (Lipinski definition) is 6. The van der Waals surface area contributed by atoms with E-state index in [0.29, 0.717) is 17.4 Å². The number of rotatable bonds is 56. The number of quaternary nitrogens is 1. The van der Waals surface area contributed by atoms with Crippen molar-refractivity contribution in [1.82, 2.24) is 5.32 Å². The van der Waals surface area contributed by atoms with Crippen molar-refractivity contribution in [2.24, 2.45) is 0 Å². The Morgan fingerprint density at radius 1 is 0.479 bits per heavy atom. The molecule has 0 aliphatic heterocycles. The quantitative estimate of drug-likeness (QED) is 0.0272. The first-order valence-electron chi connectivity index (χ1n) is 30.8. The number of hydrogen-bond donors (Lipinski definition) is 2. The van der Waals surface area contributed by atoms with E-state index >= 15 is 0 Å². The van der Waals surface area contributed by atoms with Crippen LogP contribution >= 0.6 is 7.82 Å². The molecule has 0 spiro atoms. The Bertz CT molecular complexity index is 1420. The topological polar surface area (TPSA) is 108 Å². The zero-order chi connectivity index (χ0) is 53.5. The first-order chi connectivity index (χ1) is 35.5. The summed E-state index contributed by atoms with van der Waals surface area (Å²) in [5, 5.41) is 13.9. The number of aliphatic hydroxyl groups is 1. The van der Waals surface area contributed by atoms with Crippen LogP contribution in [0.15, 0.2) is 72.9 Å². The Hall–Kier alpha value is -2.06. The van der Waals surface area contributed by atoms with Gasteiger partial charge >= 0.3 is 0 Å². The van der Waals surface area contributed by atoms with Crippen molar-refractivity contribution < 1.29 is 32.9 Å². The number of allylic oxidation sites excluding steroid dienone is 11. The highest BCUT2D eigenvalue weighted by Gasteiger charge is 2.23. The normalized spacial score (nSPS) is 14.3. The van der Waals surface area contributed by atoms with Crippen molar-refractivity contribution in [3.63, 3.8) is 0 Å². The van der Waals surface area contributed by atoms with Gasteiger partial charge in [0.05, 0.1) is 39.9 Å². The summed E-state index contributed by atoms with van der Waals surface area (Å²) in [4.78, 5) is 25.5. The molecule has 3 unspecified atom stereocenters. The minimum Gasteiger partial charge on any atom is -0.756 e. The van der Waals surface area contributed by atoms with E-state index in [9.17, 15) is 19.4 Å². The van der Waals surface area contributed by atoms with Crippen molar-refractivity contribution in [3.8, 4) is 0 Å². The number of aliphatic hydroxyl groups excluding tert-OH is 1. The number of amides is 1. The van der Waals surface area contributed by atoms with Gasteiger partial charge in [-0.2, -0.15) is 0 Å². The van der Waals surface area contributed by atoms with Crippen LogP contribution in [0.5, 0.6) is 0 Å². The predicted octanol–water partition coefficient (Wildman–Crippen LogP) is 18.4. The maximum absolute atomic E-state index is 13.0. The summed E-state index contributed by atoms with van der Waals surface area (Å²) >= 11 is 0. The molecule has 0 radical (unpaired) electrons. The summed E-state index contributed by atoms with van der Waals surface area (Å²) in [6.07, 6.45) is 75.6. The number of phosphoric ester groups is 1. The summed E-state index contributed by atoms with van der Waals surface area (Å²) in [6, 6.07) is -0.917. The minimum absolute atomic E-state index is 0.0124. The van der Waals surface area contributed by atoms with Crippen LogP contribution in [0.25, 0.3) is 0 Å².